The van der Waals surface area contributed by atoms with Gasteiger partial charge in [0.2, 0.25) is 5.91 Å². The summed E-state index contributed by atoms with van der Waals surface area (Å²) in [7, 11) is 0. The molecule has 6 nitrogen and oxygen atoms in total. The largest absolute Gasteiger partial charge is 0.368 e. The third-order valence-corrected chi connectivity index (χ3v) is 7.17. The summed E-state index contributed by atoms with van der Waals surface area (Å²) < 4.78 is 0. The van der Waals surface area contributed by atoms with Crippen LogP contribution in [-0.4, -0.2) is 55.0 Å². The fraction of sp³-hybridized carbons (Fsp3) is 0.417. The number of nitrogens with one attached hydrogen (secondary N) is 1. The number of halogens is 1. The van der Waals surface area contributed by atoms with Gasteiger partial charge in [-0.3, -0.25) is 19.4 Å². The van der Waals surface area contributed by atoms with Crippen LogP contribution in [0.25, 0.3) is 0 Å². The number of anilines is 3. The minimum Gasteiger partial charge on any atom is -0.368 e. The van der Waals surface area contributed by atoms with Crippen molar-refractivity contribution in [2.45, 2.75) is 31.2 Å². The van der Waals surface area contributed by atoms with E-state index in [4.69, 9.17) is 11.6 Å². The van der Waals surface area contributed by atoms with E-state index in [1.165, 1.54) is 0 Å². The second-order valence-corrected chi connectivity index (χ2v) is 9.06. The zero-order chi connectivity index (χ0) is 21.4. The molecule has 0 unspecified atom stereocenters. The van der Waals surface area contributed by atoms with E-state index in [0.717, 1.165) is 73.9 Å². The van der Waals surface area contributed by atoms with Crippen LogP contribution in [-0.2, 0) is 9.59 Å². The normalized spacial score (nSPS) is 20.6. The zero-order valence-electron chi connectivity index (χ0n) is 17.5. The minimum absolute atomic E-state index is 0.00962. The first-order valence-corrected chi connectivity index (χ1v) is 11.4. The lowest BCUT2D eigenvalue weighted by Gasteiger charge is -2.45. The van der Waals surface area contributed by atoms with Gasteiger partial charge < -0.3 is 10.2 Å². The number of carbonyl (C=O) groups is 2. The highest BCUT2D eigenvalue weighted by atomic mass is 35.5. The van der Waals surface area contributed by atoms with Crippen molar-refractivity contribution in [3.8, 4) is 0 Å². The first-order chi connectivity index (χ1) is 15.1. The molecule has 5 rings (SSSR count). The molecule has 2 amide bonds. The molecule has 2 aromatic carbocycles. The predicted molar refractivity (Wildman–Crippen MR) is 124 cm³/mol. The van der Waals surface area contributed by atoms with Gasteiger partial charge in [0.05, 0.1) is 28.6 Å². The van der Waals surface area contributed by atoms with E-state index in [2.05, 4.69) is 15.1 Å². The number of carbonyl (C=O) groups excluding carboxylic acids is 2. The molecule has 1 aliphatic carbocycles. The molecule has 31 heavy (non-hydrogen) atoms. The van der Waals surface area contributed by atoms with E-state index >= 15 is 0 Å². The van der Waals surface area contributed by atoms with Crippen LogP contribution in [0.3, 0.4) is 0 Å². The van der Waals surface area contributed by atoms with E-state index in [9.17, 15) is 9.59 Å². The summed E-state index contributed by atoms with van der Waals surface area (Å²) in [6, 6.07) is 15.5. The Balaban J connectivity index is 1.33. The molecule has 162 valence electrons. The fourth-order valence-corrected chi connectivity index (χ4v) is 5.50. The smallest absolute Gasteiger partial charge is 0.250 e. The molecule has 1 N–H and O–H groups in total. The Morgan fingerprint density at radius 2 is 1.58 bits per heavy atom. The second kappa shape index (κ2) is 8.17. The van der Waals surface area contributed by atoms with Crippen molar-refractivity contribution < 1.29 is 9.59 Å². The molecule has 2 aromatic rings. The first-order valence-electron chi connectivity index (χ1n) is 11.0. The first kappa shape index (κ1) is 20.3. The van der Waals surface area contributed by atoms with Crippen LogP contribution >= 0.6 is 11.6 Å². The van der Waals surface area contributed by atoms with Gasteiger partial charge in [-0.15, -0.1) is 0 Å². The number of rotatable bonds is 3. The molecule has 2 fully saturated rings. The third kappa shape index (κ3) is 3.58. The number of hydrogen-bond acceptors (Lipinski definition) is 4. The molecule has 0 radical (unpaired) electrons. The van der Waals surface area contributed by atoms with Crippen molar-refractivity contribution in [1.82, 2.24) is 4.90 Å². The molecule has 7 heteroatoms. The summed E-state index contributed by atoms with van der Waals surface area (Å²) in [4.78, 5) is 33.0. The topological polar surface area (TPSA) is 55.9 Å². The number of para-hydroxylation sites is 3. The van der Waals surface area contributed by atoms with Gasteiger partial charge in [0.1, 0.15) is 5.54 Å². The molecule has 3 aliphatic rings. The molecular formula is C24H27ClN4O2. The fourth-order valence-electron chi connectivity index (χ4n) is 5.25. The Morgan fingerprint density at radius 1 is 0.935 bits per heavy atom. The van der Waals surface area contributed by atoms with E-state index in [-0.39, 0.29) is 11.8 Å². The summed E-state index contributed by atoms with van der Waals surface area (Å²) in [5, 5.41) is 3.80. The van der Waals surface area contributed by atoms with Gasteiger partial charge in [-0.2, -0.15) is 0 Å². The van der Waals surface area contributed by atoms with Gasteiger partial charge in [0.25, 0.3) is 5.91 Å². The van der Waals surface area contributed by atoms with Gasteiger partial charge in [-0.1, -0.05) is 48.7 Å². The number of hydrogen-bond donors (Lipinski definition) is 1. The second-order valence-electron chi connectivity index (χ2n) is 8.65. The molecule has 1 saturated heterocycles. The highest BCUT2D eigenvalue weighted by Gasteiger charge is 2.52. The van der Waals surface area contributed by atoms with Crippen molar-refractivity contribution in [2.24, 2.45) is 0 Å². The van der Waals surface area contributed by atoms with Crippen LogP contribution in [0.5, 0.6) is 0 Å². The van der Waals surface area contributed by atoms with Crippen LogP contribution in [0.4, 0.5) is 17.1 Å². The quantitative estimate of drug-likeness (QED) is 0.792. The molecule has 2 aliphatic heterocycles. The number of piperazine rings is 1. The highest BCUT2D eigenvalue weighted by Crippen LogP contribution is 2.45. The van der Waals surface area contributed by atoms with Crippen molar-refractivity contribution in [3.63, 3.8) is 0 Å². The maximum absolute atomic E-state index is 13.6. The van der Waals surface area contributed by atoms with Crippen LogP contribution in [0.1, 0.15) is 25.7 Å². The molecule has 1 saturated carbocycles. The number of amides is 2. The third-order valence-electron chi connectivity index (χ3n) is 6.85. The Morgan fingerprint density at radius 3 is 2.29 bits per heavy atom. The number of fused-ring (bicyclic) bond motifs is 1. The minimum atomic E-state index is -0.745. The number of nitrogens with zero attached hydrogens (tertiary/aromatic N) is 3. The van der Waals surface area contributed by atoms with E-state index in [0.29, 0.717) is 6.54 Å². The standard InChI is InChI=1S/C24H27ClN4O2/c25-18-7-1-3-9-20(18)28-15-13-27(14-16-28)17-22(30)29-21-10-4-2-8-19(21)26-23(31)24(29)11-5-6-12-24/h1-4,7-10H,5-6,11-17H2,(H,26,31). The van der Waals surface area contributed by atoms with Gasteiger partial charge in [-0.05, 0) is 37.1 Å². The lowest BCUT2D eigenvalue weighted by atomic mass is 9.89. The van der Waals surface area contributed by atoms with Crippen LogP contribution in [0, 0.1) is 0 Å². The maximum Gasteiger partial charge on any atom is 0.250 e. The Hall–Kier alpha value is -2.57. The van der Waals surface area contributed by atoms with E-state index < -0.39 is 5.54 Å². The average molecular weight is 439 g/mol. The SMILES string of the molecule is O=C(CN1CCN(c2ccccc2Cl)CC1)N1c2ccccc2NC(=O)C12CCCC2. The lowest BCUT2D eigenvalue weighted by Crippen LogP contribution is -2.62. The molecule has 0 bridgehead atoms. The number of benzene rings is 2. The maximum atomic E-state index is 13.6. The van der Waals surface area contributed by atoms with Gasteiger partial charge in [-0.25, -0.2) is 0 Å². The lowest BCUT2D eigenvalue weighted by molar-refractivity contribution is -0.128. The molecule has 1 spiro atoms. The van der Waals surface area contributed by atoms with Crippen molar-refractivity contribution in [2.75, 3.05) is 47.8 Å². The van der Waals surface area contributed by atoms with Gasteiger partial charge in [0, 0.05) is 26.2 Å². The summed E-state index contributed by atoms with van der Waals surface area (Å²) in [6.45, 7) is 3.52. The van der Waals surface area contributed by atoms with E-state index in [1.807, 2.05) is 53.4 Å². The molecular weight excluding hydrogens is 412 g/mol. The Kier molecular flexibility index (Phi) is 5.36. The molecule has 0 aromatic heterocycles. The van der Waals surface area contributed by atoms with Crippen LogP contribution in [0.2, 0.25) is 5.02 Å². The predicted octanol–water partition coefficient (Wildman–Crippen LogP) is 3.76. The van der Waals surface area contributed by atoms with Gasteiger partial charge in [0.15, 0.2) is 0 Å². The summed E-state index contributed by atoms with van der Waals surface area (Å²) in [5.74, 6) is -0.0315. The molecule has 2 heterocycles. The average Bonchev–Trinajstić information content (AvgIpc) is 3.26. The highest BCUT2D eigenvalue weighted by molar-refractivity contribution is 6.33. The monoisotopic (exact) mass is 438 g/mol. The van der Waals surface area contributed by atoms with Gasteiger partial charge >= 0.3 is 0 Å². The Bertz CT molecular complexity index is 997. The summed E-state index contributed by atoms with van der Waals surface area (Å²) in [5.41, 5.74) is 1.84. The van der Waals surface area contributed by atoms with E-state index in [1.54, 1.807) is 0 Å². The van der Waals surface area contributed by atoms with Crippen molar-refractivity contribution in [1.29, 1.82) is 0 Å². The van der Waals surface area contributed by atoms with Crippen LogP contribution < -0.4 is 15.1 Å². The van der Waals surface area contributed by atoms with Crippen LogP contribution in [0.15, 0.2) is 48.5 Å². The summed E-state index contributed by atoms with van der Waals surface area (Å²) in [6.07, 6.45) is 3.38. The molecule has 0 atom stereocenters. The zero-order valence-corrected chi connectivity index (χ0v) is 18.3. The Labute approximate surface area is 187 Å². The van der Waals surface area contributed by atoms with Crippen molar-refractivity contribution in [3.05, 3.63) is 53.6 Å². The van der Waals surface area contributed by atoms with Crippen molar-refractivity contribution >= 4 is 40.5 Å². The summed E-state index contributed by atoms with van der Waals surface area (Å²) >= 11 is 6.36.